The molecule has 3 aromatic heterocycles. The summed E-state index contributed by atoms with van der Waals surface area (Å²) in [7, 11) is 1.59. The van der Waals surface area contributed by atoms with Crippen molar-refractivity contribution in [3.05, 3.63) is 52.5 Å². The standard InChI is InChI=1S/C18H19ClN6OS/c1-10(2)14(15-12(19)5-4-6-21-15)25-18-23-7-11(8-24-18)17-22-9-13(27-17)16(26)20-3/h4-10,14H,1-3H3,(H,20,26)(H,23,24,25). The highest BCUT2D eigenvalue weighted by Gasteiger charge is 2.21. The summed E-state index contributed by atoms with van der Waals surface area (Å²) in [5.74, 6) is 0.543. The molecule has 0 spiro atoms. The lowest BCUT2D eigenvalue weighted by Crippen LogP contribution is -2.19. The van der Waals surface area contributed by atoms with E-state index in [0.29, 0.717) is 20.9 Å². The van der Waals surface area contributed by atoms with Crippen molar-refractivity contribution in [1.82, 2.24) is 25.3 Å². The first-order chi connectivity index (χ1) is 13.0. The van der Waals surface area contributed by atoms with Gasteiger partial charge in [0.25, 0.3) is 5.91 Å². The third kappa shape index (κ3) is 4.40. The summed E-state index contributed by atoms with van der Waals surface area (Å²) in [5.41, 5.74) is 1.51. The Hall–Kier alpha value is -2.58. The van der Waals surface area contributed by atoms with Gasteiger partial charge in [0.05, 0.1) is 23.0 Å². The molecule has 140 valence electrons. The molecule has 7 nitrogen and oxygen atoms in total. The Balaban J connectivity index is 1.79. The molecule has 0 fully saturated rings. The summed E-state index contributed by atoms with van der Waals surface area (Å²) < 4.78 is 0. The summed E-state index contributed by atoms with van der Waals surface area (Å²) in [4.78, 5) is 29.6. The van der Waals surface area contributed by atoms with E-state index < -0.39 is 0 Å². The van der Waals surface area contributed by atoms with Gasteiger partial charge in [-0.1, -0.05) is 25.4 Å². The minimum Gasteiger partial charge on any atom is -0.354 e. The van der Waals surface area contributed by atoms with Crippen LogP contribution < -0.4 is 10.6 Å². The first kappa shape index (κ1) is 19.2. The number of halogens is 1. The predicted molar refractivity (Wildman–Crippen MR) is 107 cm³/mol. The van der Waals surface area contributed by atoms with E-state index in [2.05, 4.69) is 44.4 Å². The van der Waals surface area contributed by atoms with Gasteiger partial charge in [-0.25, -0.2) is 15.0 Å². The summed E-state index contributed by atoms with van der Waals surface area (Å²) in [6.45, 7) is 4.15. The molecule has 3 aromatic rings. The van der Waals surface area contributed by atoms with Gasteiger partial charge in [0.1, 0.15) is 9.88 Å². The summed E-state index contributed by atoms with van der Waals surface area (Å²) >= 11 is 7.58. The topological polar surface area (TPSA) is 92.7 Å². The van der Waals surface area contributed by atoms with E-state index in [9.17, 15) is 4.79 Å². The summed E-state index contributed by atoms with van der Waals surface area (Å²) in [6, 6.07) is 3.50. The van der Waals surface area contributed by atoms with E-state index in [-0.39, 0.29) is 17.9 Å². The second-order valence-corrected chi connectivity index (χ2v) is 7.58. The van der Waals surface area contributed by atoms with Crippen LogP contribution >= 0.6 is 22.9 Å². The van der Waals surface area contributed by atoms with E-state index in [1.807, 2.05) is 6.07 Å². The predicted octanol–water partition coefficient (Wildman–Crippen LogP) is 3.82. The van der Waals surface area contributed by atoms with Gasteiger partial charge in [-0.05, 0) is 18.1 Å². The van der Waals surface area contributed by atoms with Crippen LogP contribution in [0, 0.1) is 5.92 Å². The summed E-state index contributed by atoms with van der Waals surface area (Å²) in [6.07, 6.45) is 6.62. The number of aromatic nitrogens is 4. The van der Waals surface area contributed by atoms with E-state index in [0.717, 1.165) is 11.3 Å². The third-order valence-corrected chi connectivity index (χ3v) is 5.25. The highest BCUT2D eigenvalue weighted by atomic mass is 35.5. The molecule has 0 saturated heterocycles. The second-order valence-electron chi connectivity index (χ2n) is 6.14. The normalized spacial score (nSPS) is 12.0. The molecule has 1 atom stereocenters. The Morgan fingerprint density at radius 3 is 2.52 bits per heavy atom. The molecule has 9 heteroatoms. The van der Waals surface area contributed by atoms with Gasteiger partial charge in [-0.2, -0.15) is 0 Å². The molecule has 0 aromatic carbocycles. The van der Waals surface area contributed by atoms with Gasteiger partial charge < -0.3 is 10.6 Å². The van der Waals surface area contributed by atoms with Gasteiger partial charge in [0.2, 0.25) is 5.95 Å². The lowest BCUT2D eigenvalue weighted by atomic mass is 10.0. The monoisotopic (exact) mass is 402 g/mol. The fourth-order valence-corrected chi connectivity index (χ4v) is 3.54. The molecule has 0 aliphatic rings. The number of rotatable bonds is 6. The zero-order valence-electron chi connectivity index (χ0n) is 15.1. The first-order valence-electron chi connectivity index (χ1n) is 8.37. The van der Waals surface area contributed by atoms with Crippen LogP contribution in [0.2, 0.25) is 5.02 Å². The van der Waals surface area contributed by atoms with Crippen molar-refractivity contribution in [1.29, 1.82) is 0 Å². The number of nitrogens with one attached hydrogen (secondary N) is 2. The Morgan fingerprint density at radius 2 is 1.89 bits per heavy atom. The van der Waals surface area contributed by atoms with Crippen molar-refractivity contribution < 1.29 is 4.79 Å². The Kier molecular flexibility index (Phi) is 5.98. The minimum atomic E-state index is -0.162. The molecule has 3 heterocycles. The van der Waals surface area contributed by atoms with Crippen LogP contribution in [0.25, 0.3) is 10.6 Å². The van der Waals surface area contributed by atoms with Crippen molar-refractivity contribution >= 4 is 34.8 Å². The molecule has 1 unspecified atom stereocenters. The van der Waals surface area contributed by atoms with Crippen LogP contribution in [0.4, 0.5) is 5.95 Å². The highest BCUT2D eigenvalue weighted by molar-refractivity contribution is 7.16. The molecule has 1 amide bonds. The summed E-state index contributed by atoms with van der Waals surface area (Å²) in [5, 5.41) is 7.17. The van der Waals surface area contributed by atoms with Crippen molar-refractivity contribution in [2.45, 2.75) is 19.9 Å². The van der Waals surface area contributed by atoms with Crippen molar-refractivity contribution in [3.8, 4) is 10.6 Å². The second kappa shape index (κ2) is 8.41. The molecule has 0 radical (unpaired) electrons. The number of hydrogen-bond acceptors (Lipinski definition) is 7. The maximum absolute atomic E-state index is 11.7. The van der Waals surface area contributed by atoms with E-state index in [1.54, 1.807) is 37.9 Å². The SMILES string of the molecule is CNC(=O)c1cnc(-c2cnc(NC(c3ncccc3Cl)C(C)C)nc2)s1. The van der Waals surface area contributed by atoms with Crippen molar-refractivity contribution in [3.63, 3.8) is 0 Å². The number of amides is 1. The molecule has 0 aliphatic carbocycles. The van der Waals surface area contributed by atoms with Gasteiger partial charge >= 0.3 is 0 Å². The number of anilines is 1. The van der Waals surface area contributed by atoms with Crippen LogP contribution in [0.15, 0.2) is 36.9 Å². The number of pyridine rings is 1. The largest absolute Gasteiger partial charge is 0.354 e. The van der Waals surface area contributed by atoms with Gasteiger partial charge in [-0.15, -0.1) is 11.3 Å². The van der Waals surface area contributed by atoms with Crippen LogP contribution in [-0.4, -0.2) is 32.9 Å². The number of carbonyl (C=O) groups is 1. The lowest BCUT2D eigenvalue weighted by molar-refractivity contribution is 0.0967. The quantitative estimate of drug-likeness (QED) is 0.651. The van der Waals surface area contributed by atoms with Crippen LogP contribution in [0.3, 0.4) is 0 Å². The van der Waals surface area contributed by atoms with Crippen LogP contribution in [0.1, 0.15) is 35.3 Å². The third-order valence-electron chi connectivity index (χ3n) is 3.89. The maximum atomic E-state index is 11.7. The Labute approximate surface area is 166 Å². The van der Waals surface area contributed by atoms with Crippen molar-refractivity contribution in [2.24, 2.45) is 5.92 Å². The Morgan fingerprint density at radius 1 is 1.15 bits per heavy atom. The average Bonchev–Trinajstić information content (AvgIpc) is 3.16. The first-order valence-corrected chi connectivity index (χ1v) is 9.56. The molecule has 0 bridgehead atoms. The number of hydrogen-bond donors (Lipinski definition) is 2. The zero-order chi connectivity index (χ0) is 19.4. The number of thiazole rings is 1. The molecule has 3 rings (SSSR count). The maximum Gasteiger partial charge on any atom is 0.262 e. The minimum absolute atomic E-state index is 0.121. The molecule has 2 N–H and O–H groups in total. The van der Waals surface area contributed by atoms with Crippen molar-refractivity contribution in [2.75, 3.05) is 12.4 Å². The number of nitrogens with zero attached hydrogens (tertiary/aromatic N) is 4. The smallest absolute Gasteiger partial charge is 0.262 e. The van der Waals surface area contributed by atoms with E-state index in [4.69, 9.17) is 11.6 Å². The molecule has 0 saturated carbocycles. The Bertz CT molecular complexity index is 928. The van der Waals surface area contributed by atoms with Gasteiger partial charge in [-0.3, -0.25) is 9.78 Å². The number of carbonyl (C=O) groups excluding carboxylic acids is 1. The fraction of sp³-hybridized carbons (Fsp3) is 0.278. The van der Waals surface area contributed by atoms with Gasteiger partial charge in [0, 0.05) is 31.2 Å². The highest BCUT2D eigenvalue weighted by Crippen LogP contribution is 2.29. The lowest BCUT2D eigenvalue weighted by Gasteiger charge is -2.22. The van der Waals surface area contributed by atoms with Crippen LogP contribution in [-0.2, 0) is 0 Å². The zero-order valence-corrected chi connectivity index (χ0v) is 16.7. The fourth-order valence-electron chi connectivity index (χ4n) is 2.47. The average molecular weight is 403 g/mol. The van der Waals surface area contributed by atoms with E-state index >= 15 is 0 Å². The molecular formula is C18H19ClN6OS. The molecule has 27 heavy (non-hydrogen) atoms. The molecule has 0 aliphatic heterocycles. The van der Waals surface area contributed by atoms with Crippen LogP contribution in [0.5, 0.6) is 0 Å². The van der Waals surface area contributed by atoms with E-state index in [1.165, 1.54) is 11.3 Å². The van der Waals surface area contributed by atoms with Gasteiger partial charge in [0.15, 0.2) is 0 Å². The molecular weight excluding hydrogens is 384 g/mol.